The fourth-order valence-electron chi connectivity index (χ4n) is 1.24. The highest BCUT2D eigenvalue weighted by atomic mass is 14.9. The Morgan fingerprint density at radius 3 is 2.45 bits per heavy atom. The van der Waals surface area contributed by atoms with Crippen molar-refractivity contribution in [2.24, 2.45) is 0 Å². The summed E-state index contributed by atoms with van der Waals surface area (Å²) >= 11 is 0. The number of benzene rings is 1. The summed E-state index contributed by atoms with van der Waals surface area (Å²) in [5.74, 6) is 0. The van der Waals surface area contributed by atoms with Crippen molar-refractivity contribution < 1.29 is 5.32 Å². The van der Waals surface area contributed by atoms with Crippen LogP contribution in [0.2, 0.25) is 0 Å². The maximum Gasteiger partial charge on any atom is 0.0874 e. The first kappa shape index (κ1) is 8.28. The van der Waals surface area contributed by atoms with Crippen LogP contribution in [0.4, 0.5) is 0 Å². The molecule has 0 aliphatic heterocycles. The van der Waals surface area contributed by atoms with Gasteiger partial charge in [-0.05, 0) is 6.42 Å². The minimum Gasteiger partial charge on any atom is -0.473 e. The monoisotopic (exact) mass is 149 g/mol. The topological polar surface area (TPSA) is 16.6 Å². The van der Waals surface area contributed by atoms with Crippen LogP contribution in [0.1, 0.15) is 24.9 Å². The van der Waals surface area contributed by atoms with Crippen molar-refractivity contribution in [3.63, 3.8) is 0 Å². The average molecular weight is 149 g/mol. The van der Waals surface area contributed by atoms with E-state index in [1.807, 2.05) is 11.4 Å². The molecule has 0 saturated carbocycles. The second-order valence-corrected chi connectivity index (χ2v) is 2.66. The lowest BCUT2D eigenvalue weighted by molar-refractivity contribution is -0.641. The van der Waals surface area contributed by atoms with Gasteiger partial charge in [-0.2, -0.15) is 7.05 Å². The van der Waals surface area contributed by atoms with Crippen molar-refractivity contribution >= 4 is 0 Å². The van der Waals surface area contributed by atoms with Gasteiger partial charge in [-0.15, -0.1) is 0 Å². The molecule has 1 heteroatoms. The van der Waals surface area contributed by atoms with Crippen molar-refractivity contribution in [1.29, 1.82) is 0 Å². The number of hydrogen-bond donors (Lipinski definition) is 1. The van der Waals surface area contributed by atoms with E-state index in [9.17, 15) is 0 Å². The highest BCUT2D eigenvalue weighted by Gasteiger charge is 2.04. The van der Waals surface area contributed by atoms with Crippen LogP contribution < -0.4 is 5.32 Å². The van der Waals surface area contributed by atoms with Gasteiger partial charge in [0, 0.05) is 5.56 Å². The zero-order valence-electron chi connectivity index (χ0n) is 6.96. The smallest absolute Gasteiger partial charge is 0.0874 e. The van der Waals surface area contributed by atoms with E-state index in [4.69, 9.17) is 0 Å². The molecular formula is C10H15N. The molecule has 0 fully saturated rings. The Balaban J connectivity index is 2.74. The largest absolute Gasteiger partial charge is 0.473 e. The van der Waals surface area contributed by atoms with Crippen molar-refractivity contribution in [1.82, 2.24) is 0 Å². The first-order valence-corrected chi connectivity index (χ1v) is 4.06. The predicted octanol–water partition coefficient (Wildman–Crippen LogP) is 1.49. The van der Waals surface area contributed by atoms with E-state index in [0.717, 1.165) is 6.42 Å². The molecule has 11 heavy (non-hydrogen) atoms. The van der Waals surface area contributed by atoms with E-state index < -0.39 is 0 Å². The fraction of sp³-hybridized carbons (Fsp3) is 0.300. The normalized spacial score (nSPS) is 12.9. The second-order valence-electron chi connectivity index (χ2n) is 2.66. The molecule has 1 aromatic rings. The standard InChI is InChI=1S/C10H15N/c1-3-10(11-2)9-7-5-4-6-8-9/h4-8,10H,2-3,11H2,1H3/t10-/m0/s1. The van der Waals surface area contributed by atoms with E-state index in [1.165, 1.54) is 5.56 Å². The molecule has 1 aromatic carbocycles. The van der Waals surface area contributed by atoms with Gasteiger partial charge in [-0.1, -0.05) is 37.3 Å². The van der Waals surface area contributed by atoms with Crippen LogP contribution in [0, 0.1) is 7.05 Å². The predicted molar refractivity (Wildman–Crippen MR) is 46.8 cm³/mol. The maximum atomic E-state index is 3.81. The summed E-state index contributed by atoms with van der Waals surface area (Å²) in [7, 11) is 3.81. The van der Waals surface area contributed by atoms with E-state index in [1.54, 1.807) is 0 Å². The van der Waals surface area contributed by atoms with Crippen LogP contribution in [0.5, 0.6) is 0 Å². The molecule has 1 rings (SSSR count). The van der Waals surface area contributed by atoms with Gasteiger partial charge >= 0.3 is 0 Å². The van der Waals surface area contributed by atoms with Gasteiger partial charge in [-0.25, -0.2) is 0 Å². The van der Waals surface area contributed by atoms with Gasteiger partial charge in [0.15, 0.2) is 0 Å². The van der Waals surface area contributed by atoms with E-state index in [-0.39, 0.29) is 0 Å². The second kappa shape index (κ2) is 4.14. The van der Waals surface area contributed by atoms with Crippen molar-refractivity contribution in [3.05, 3.63) is 42.9 Å². The van der Waals surface area contributed by atoms with Gasteiger partial charge < -0.3 is 5.32 Å². The molecule has 0 spiro atoms. The lowest BCUT2D eigenvalue weighted by atomic mass is 10.1. The first-order valence-electron chi connectivity index (χ1n) is 4.06. The van der Waals surface area contributed by atoms with Crippen LogP contribution >= 0.6 is 0 Å². The molecule has 60 valence electrons. The SMILES string of the molecule is [CH2-][NH2+][C@@H](CC)c1ccccc1. The van der Waals surface area contributed by atoms with Crippen LogP contribution in [0.25, 0.3) is 0 Å². The number of nitrogens with two attached hydrogens (primary N) is 1. The van der Waals surface area contributed by atoms with E-state index in [2.05, 4.69) is 38.2 Å². The summed E-state index contributed by atoms with van der Waals surface area (Å²) in [5, 5.41) is 2.01. The molecule has 1 nitrogen and oxygen atoms in total. The van der Waals surface area contributed by atoms with Crippen LogP contribution in [-0.4, -0.2) is 0 Å². The summed E-state index contributed by atoms with van der Waals surface area (Å²) in [5.41, 5.74) is 1.37. The third-order valence-corrected chi connectivity index (χ3v) is 1.95. The third-order valence-electron chi connectivity index (χ3n) is 1.95. The molecule has 0 aromatic heterocycles. The summed E-state index contributed by atoms with van der Waals surface area (Å²) in [6.45, 7) is 2.18. The molecule has 0 unspecified atom stereocenters. The molecule has 0 aliphatic carbocycles. The van der Waals surface area contributed by atoms with Crippen LogP contribution in [-0.2, 0) is 0 Å². The fourth-order valence-corrected chi connectivity index (χ4v) is 1.24. The Labute approximate surface area is 68.4 Å². The molecule has 1 atom stereocenters. The number of quaternary nitrogens is 1. The average Bonchev–Trinajstić information content (AvgIpc) is 2.09. The molecule has 2 N–H and O–H groups in total. The van der Waals surface area contributed by atoms with E-state index in [0.29, 0.717) is 6.04 Å². The van der Waals surface area contributed by atoms with Crippen LogP contribution in [0.3, 0.4) is 0 Å². The Kier molecular flexibility index (Phi) is 3.12. The molecule has 0 radical (unpaired) electrons. The van der Waals surface area contributed by atoms with Crippen molar-refractivity contribution in [2.75, 3.05) is 0 Å². The van der Waals surface area contributed by atoms with Gasteiger partial charge in [0.1, 0.15) is 0 Å². The Morgan fingerprint density at radius 1 is 1.36 bits per heavy atom. The molecular weight excluding hydrogens is 134 g/mol. The highest BCUT2D eigenvalue weighted by molar-refractivity contribution is 5.16. The minimum absolute atomic E-state index is 0.524. The highest BCUT2D eigenvalue weighted by Crippen LogP contribution is 2.10. The van der Waals surface area contributed by atoms with Crippen molar-refractivity contribution in [3.8, 4) is 0 Å². The molecule has 0 heterocycles. The summed E-state index contributed by atoms with van der Waals surface area (Å²) in [6, 6.07) is 11.0. The van der Waals surface area contributed by atoms with Gasteiger partial charge in [0.05, 0.1) is 6.04 Å². The third kappa shape index (κ3) is 2.05. The first-order chi connectivity index (χ1) is 5.38. The van der Waals surface area contributed by atoms with Crippen LogP contribution in [0.15, 0.2) is 30.3 Å². The quantitative estimate of drug-likeness (QED) is 0.627. The van der Waals surface area contributed by atoms with Gasteiger partial charge in [-0.3, -0.25) is 0 Å². The zero-order valence-corrected chi connectivity index (χ0v) is 6.96. The Morgan fingerprint density at radius 2 is 2.00 bits per heavy atom. The number of hydrogen-bond acceptors (Lipinski definition) is 0. The lowest BCUT2D eigenvalue weighted by Crippen LogP contribution is -2.78. The maximum absolute atomic E-state index is 3.81. The summed E-state index contributed by atoms with van der Waals surface area (Å²) in [4.78, 5) is 0. The van der Waals surface area contributed by atoms with Gasteiger partial charge in [0.25, 0.3) is 0 Å². The summed E-state index contributed by atoms with van der Waals surface area (Å²) < 4.78 is 0. The minimum atomic E-state index is 0.524. The lowest BCUT2D eigenvalue weighted by Gasteiger charge is -2.14. The van der Waals surface area contributed by atoms with E-state index >= 15 is 0 Å². The summed E-state index contributed by atoms with van der Waals surface area (Å²) in [6.07, 6.45) is 1.13. The number of rotatable bonds is 3. The molecule has 0 saturated heterocycles. The van der Waals surface area contributed by atoms with Gasteiger partial charge in [0.2, 0.25) is 0 Å². The van der Waals surface area contributed by atoms with Crippen molar-refractivity contribution in [2.45, 2.75) is 19.4 Å². The Hall–Kier alpha value is -0.820. The molecule has 0 amide bonds. The Bertz CT molecular complexity index is 189. The zero-order chi connectivity index (χ0) is 8.10. The molecule has 0 aliphatic rings. The molecule has 0 bridgehead atoms.